The minimum absolute atomic E-state index is 0.123. The Morgan fingerprint density at radius 1 is 1.50 bits per heavy atom. The quantitative estimate of drug-likeness (QED) is 0.684. The Hall–Kier alpha value is -2.12. The average molecular weight is 332 g/mol. The maximum atomic E-state index is 10.9. The van der Waals surface area contributed by atoms with Crippen LogP contribution in [0.15, 0.2) is 22.7 Å². The number of carboxylic acid groups (broad SMARTS) is 1. The molecule has 7 nitrogen and oxygen atoms in total. The van der Waals surface area contributed by atoms with Crippen LogP contribution in [0.1, 0.15) is 31.1 Å². The number of rotatable bonds is 8. The van der Waals surface area contributed by atoms with Crippen LogP contribution in [0.4, 0.5) is 0 Å². The SMILES string of the molecule is CCN(CC(=O)O)C1CC(NCc2cn[nH]c2-c2ccc(C)o2)C1. The number of furan rings is 1. The van der Waals surface area contributed by atoms with Crippen molar-refractivity contribution in [2.75, 3.05) is 13.1 Å². The zero-order chi connectivity index (χ0) is 17.1. The molecule has 0 spiro atoms. The number of carboxylic acids is 1. The first-order valence-electron chi connectivity index (χ1n) is 8.35. The van der Waals surface area contributed by atoms with E-state index in [1.54, 1.807) is 0 Å². The van der Waals surface area contributed by atoms with Gasteiger partial charge in [-0.1, -0.05) is 6.92 Å². The van der Waals surface area contributed by atoms with E-state index in [-0.39, 0.29) is 6.54 Å². The molecular formula is C17H24N4O3. The lowest BCUT2D eigenvalue weighted by Crippen LogP contribution is -2.53. The lowest BCUT2D eigenvalue weighted by Gasteiger charge is -2.42. The third-order valence-electron chi connectivity index (χ3n) is 4.66. The first-order valence-corrected chi connectivity index (χ1v) is 8.35. The summed E-state index contributed by atoms with van der Waals surface area (Å²) in [7, 11) is 0. The van der Waals surface area contributed by atoms with Crippen molar-refractivity contribution in [3.8, 4) is 11.5 Å². The molecule has 3 rings (SSSR count). The molecule has 0 aromatic carbocycles. The first-order chi connectivity index (χ1) is 11.6. The summed E-state index contributed by atoms with van der Waals surface area (Å²) in [5, 5.41) is 19.6. The van der Waals surface area contributed by atoms with Gasteiger partial charge in [-0.2, -0.15) is 5.10 Å². The van der Waals surface area contributed by atoms with Crippen LogP contribution in [0.3, 0.4) is 0 Å². The normalized spacial score (nSPS) is 20.3. The van der Waals surface area contributed by atoms with Gasteiger partial charge in [0.25, 0.3) is 0 Å². The lowest BCUT2D eigenvalue weighted by molar-refractivity contribution is -0.139. The molecule has 1 fully saturated rings. The van der Waals surface area contributed by atoms with Crippen LogP contribution in [-0.2, 0) is 11.3 Å². The summed E-state index contributed by atoms with van der Waals surface area (Å²) >= 11 is 0. The number of carbonyl (C=O) groups is 1. The van der Waals surface area contributed by atoms with Gasteiger partial charge in [0.15, 0.2) is 5.76 Å². The lowest BCUT2D eigenvalue weighted by atomic mass is 9.85. The van der Waals surface area contributed by atoms with E-state index in [0.717, 1.165) is 42.2 Å². The second kappa shape index (κ2) is 7.19. The van der Waals surface area contributed by atoms with Crippen molar-refractivity contribution in [3.05, 3.63) is 29.7 Å². The van der Waals surface area contributed by atoms with Crippen LogP contribution in [-0.4, -0.2) is 51.3 Å². The molecule has 2 aromatic rings. The summed E-state index contributed by atoms with van der Waals surface area (Å²) in [6.07, 6.45) is 3.78. The molecule has 130 valence electrons. The number of hydrogen-bond acceptors (Lipinski definition) is 5. The van der Waals surface area contributed by atoms with Crippen LogP contribution in [0.5, 0.6) is 0 Å². The van der Waals surface area contributed by atoms with Gasteiger partial charge in [-0.25, -0.2) is 0 Å². The smallest absolute Gasteiger partial charge is 0.317 e. The highest BCUT2D eigenvalue weighted by Gasteiger charge is 2.33. The molecule has 0 amide bonds. The Morgan fingerprint density at radius 2 is 2.29 bits per heavy atom. The maximum absolute atomic E-state index is 10.9. The van der Waals surface area contributed by atoms with Gasteiger partial charge in [-0.05, 0) is 38.4 Å². The topological polar surface area (TPSA) is 94.4 Å². The maximum Gasteiger partial charge on any atom is 0.317 e. The summed E-state index contributed by atoms with van der Waals surface area (Å²) in [6.45, 7) is 5.54. The summed E-state index contributed by atoms with van der Waals surface area (Å²) < 4.78 is 5.65. The Balaban J connectivity index is 1.50. The van der Waals surface area contributed by atoms with E-state index in [4.69, 9.17) is 9.52 Å². The summed E-state index contributed by atoms with van der Waals surface area (Å²) in [6, 6.07) is 4.65. The minimum atomic E-state index is -0.759. The van der Waals surface area contributed by atoms with Crippen molar-refractivity contribution in [1.82, 2.24) is 20.4 Å². The third kappa shape index (κ3) is 3.68. The monoisotopic (exact) mass is 332 g/mol. The molecule has 2 heterocycles. The summed E-state index contributed by atoms with van der Waals surface area (Å²) in [5.41, 5.74) is 1.98. The van der Waals surface area contributed by atoms with E-state index in [9.17, 15) is 4.79 Å². The second-order valence-corrected chi connectivity index (χ2v) is 6.34. The van der Waals surface area contributed by atoms with Crippen LogP contribution in [0, 0.1) is 6.92 Å². The fraction of sp³-hybridized carbons (Fsp3) is 0.529. The molecule has 1 aliphatic rings. The number of H-pyrrole nitrogens is 1. The molecule has 0 aliphatic heterocycles. The molecule has 2 aromatic heterocycles. The Labute approximate surface area is 141 Å². The van der Waals surface area contributed by atoms with E-state index in [2.05, 4.69) is 15.5 Å². The molecule has 0 radical (unpaired) electrons. The van der Waals surface area contributed by atoms with Gasteiger partial charge < -0.3 is 14.8 Å². The van der Waals surface area contributed by atoms with E-state index >= 15 is 0 Å². The van der Waals surface area contributed by atoms with E-state index < -0.39 is 5.97 Å². The average Bonchev–Trinajstić information content (AvgIpc) is 3.12. The number of aromatic amines is 1. The zero-order valence-corrected chi connectivity index (χ0v) is 14.1. The van der Waals surface area contributed by atoms with E-state index in [1.807, 2.05) is 37.1 Å². The van der Waals surface area contributed by atoms with Gasteiger partial charge in [-0.3, -0.25) is 14.8 Å². The van der Waals surface area contributed by atoms with Crippen molar-refractivity contribution in [2.24, 2.45) is 0 Å². The summed E-state index contributed by atoms with van der Waals surface area (Å²) in [4.78, 5) is 12.9. The van der Waals surface area contributed by atoms with E-state index in [0.29, 0.717) is 18.6 Å². The van der Waals surface area contributed by atoms with Crippen molar-refractivity contribution in [3.63, 3.8) is 0 Å². The highest BCUT2D eigenvalue weighted by molar-refractivity contribution is 5.69. The number of nitrogens with zero attached hydrogens (tertiary/aromatic N) is 2. The van der Waals surface area contributed by atoms with Crippen molar-refractivity contribution in [2.45, 2.75) is 45.3 Å². The van der Waals surface area contributed by atoms with Crippen LogP contribution in [0.25, 0.3) is 11.5 Å². The fourth-order valence-electron chi connectivity index (χ4n) is 3.21. The van der Waals surface area contributed by atoms with Crippen molar-refractivity contribution in [1.29, 1.82) is 0 Å². The predicted octanol–water partition coefficient (Wildman–Crippen LogP) is 2.01. The number of aromatic nitrogens is 2. The predicted molar refractivity (Wildman–Crippen MR) is 89.6 cm³/mol. The highest BCUT2D eigenvalue weighted by atomic mass is 16.4. The van der Waals surface area contributed by atoms with Crippen molar-refractivity contribution < 1.29 is 14.3 Å². The van der Waals surface area contributed by atoms with Gasteiger partial charge >= 0.3 is 5.97 Å². The summed E-state index contributed by atoms with van der Waals surface area (Å²) in [5.74, 6) is 0.912. The van der Waals surface area contributed by atoms with Crippen LogP contribution in [0.2, 0.25) is 0 Å². The largest absolute Gasteiger partial charge is 0.480 e. The number of nitrogens with one attached hydrogen (secondary N) is 2. The fourth-order valence-corrected chi connectivity index (χ4v) is 3.21. The van der Waals surface area contributed by atoms with Gasteiger partial charge in [0.1, 0.15) is 11.5 Å². The van der Waals surface area contributed by atoms with Gasteiger partial charge in [0.05, 0.1) is 12.7 Å². The molecule has 0 bridgehead atoms. The minimum Gasteiger partial charge on any atom is -0.480 e. The molecule has 1 aliphatic carbocycles. The molecule has 3 N–H and O–H groups in total. The van der Waals surface area contributed by atoms with E-state index in [1.165, 1.54) is 0 Å². The van der Waals surface area contributed by atoms with Crippen molar-refractivity contribution >= 4 is 5.97 Å². The molecule has 1 saturated carbocycles. The number of hydrogen-bond donors (Lipinski definition) is 3. The Bertz CT molecular complexity index is 688. The number of aryl methyl sites for hydroxylation is 1. The molecule has 7 heteroatoms. The van der Waals surface area contributed by atoms with Gasteiger partial charge in [0.2, 0.25) is 0 Å². The van der Waals surface area contributed by atoms with Gasteiger partial charge in [-0.15, -0.1) is 0 Å². The first kappa shape index (κ1) is 16.7. The molecule has 0 unspecified atom stereocenters. The molecule has 24 heavy (non-hydrogen) atoms. The van der Waals surface area contributed by atoms with Crippen LogP contribution < -0.4 is 5.32 Å². The molecular weight excluding hydrogens is 308 g/mol. The molecule has 0 saturated heterocycles. The Kier molecular flexibility index (Phi) is 5.01. The third-order valence-corrected chi connectivity index (χ3v) is 4.66. The molecule has 0 atom stereocenters. The second-order valence-electron chi connectivity index (χ2n) is 6.34. The van der Waals surface area contributed by atoms with Gasteiger partial charge in [0, 0.05) is 24.2 Å². The van der Waals surface area contributed by atoms with Crippen LogP contribution >= 0.6 is 0 Å². The zero-order valence-electron chi connectivity index (χ0n) is 14.1. The highest BCUT2D eigenvalue weighted by Crippen LogP contribution is 2.27. The Morgan fingerprint density at radius 3 is 2.92 bits per heavy atom. The number of likely N-dealkylation sites (N-methyl/N-ethyl adjacent to an activating group) is 1. The number of aliphatic carboxylic acids is 1. The standard InChI is InChI=1S/C17H24N4O3/c1-3-21(10-16(22)23)14-6-13(7-14)18-8-12-9-19-20-17(12)15-5-4-11(2)24-15/h4-5,9,13-14,18H,3,6-8,10H2,1-2H3,(H,19,20)(H,22,23).